The van der Waals surface area contributed by atoms with Gasteiger partial charge in [0.05, 0.1) is 0 Å². The average molecular weight is 325 g/mol. The van der Waals surface area contributed by atoms with E-state index in [2.05, 4.69) is 24.4 Å². The van der Waals surface area contributed by atoms with E-state index in [-0.39, 0.29) is 5.91 Å². The van der Waals surface area contributed by atoms with E-state index in [1.165, 1.54) is 5.56 Å². The predicted octanol–water partition coefficient (Wildman–Crippen LogP) is 3.95. The summed E-state index contributed by atoms with van der Waals surface area (Å²) in [6, 6.07) is 10.0. The van der Waals surface area contributed by atoms with Gasteiger partial charge in [-0.15, -0.1) is 0 Å². The first-order chi connectivity index (χ1) is 11.5. The third kappa shape index (κ3) is 3.70. The Balaban J connectivity index is 1.62. The SMILES string of the molecule is Cc1cc(C)c(NC(=O)CCc2ccc3c(c2)OCCO3)c(C)c1. The monoisotopic (exact) mass is 325 g/mol. The van der Waals surface area contributed by atoms with Crippen molar-refractivity contribution in [2.75, 3.05) is 18.5 Å². The number of hydrogen-bond donors (Lipinski definition) is 1. The number of carbonyl (C=O) groups excluding carboxylic acids is 1. The minimum absolute atomic E-state index is 0.0277. The first-order valence-corrected chi connectivity index (χ1v) is 8.29. The van der Waals surface area contributed by atoms with Gasteiger partial charge in [0, 0.05) is 12.1 Å². The number of hydrogen-bond acceptors (Lipinski definition) is 3. The Kier molecular flexibility index (Phi) is 4.74. The average Bonchev–Trinajstić information content (AvgIpc) is 2.56. The van der Waals surface area contributed by atoms with Crippen LogP contribution < -0.4 is 14.8 Å². The highest BCUT2D eigenvalue weighted by molar-refractivity contribution is 5.92. The summed E-state index contributed by atoms with van der Waals surface area (Å²) in [5, 5.41) is 3.04. The molecule has 0 saturated heterocycles. The topological polar surface area (TPSA) is 47.6 Å². The smallest absolute Gasteiger partial charge is 0.224 e. The van der Waals surface area contributed by atoms with Gasteiger partial charge in [0.2, 0.25) is 5.91 Å². The van der Waals surface area contributed by atoms with Gasteiger partial charge < -0.3 is 14.8 Å². The van der Waals surface area contributed by atoms with Crippen LogP contribution in [0.1, 0.15) is 28.7 Å². The van der Waals surface area contributed by atoms with Crippen LogP contribution in [-0.4, -0.2) is 19.1 Å². The summed E-state index contributed by atoms with van der Waals surface area (Å²) in [6.07, 6.45) is 1.11. The molecule has 0 fully saturated rings. The molecule has 0 spiro atoms. The van der Waals surface area contributed by atoms with Crippen molar-refractivity contribution >= 4 is 11.6 Å². The van der Waals surface area contributed by atoms with Crippen molar-refractivity contribution in [1.82, 2.24) is 0 Å². The zero-order chi connectivity index (χ0) is 17.1. The standard InChI is InChI=1S/C20H23NO3/c1-13-10-14(2)20(15(3)11-13)21-19(22)7-5-16-4-6-17-18(12-16)24-9-8-23-17/h4,6,10-12H,5,7-9H2,1-3H3,(H,21,22). The van der Waals surface area contributed by atoms with E-state index < -0.39 is 0 Å². The van der Waals surface area contributed by atoms with Crippen LogP contribution in [0.25, 0.3) is 0 Å². The maximum absolute atomic E-state index is 12.3. The first-order valence-electron chi connectivity index (χ1n) is 8.29. The minimum atomic E-state index is 0.0277. The van der Waals surface area contributed by atoms with Crippen LogP contribution in [0.3, 0.4) is 0 Å². The first kappa shape index (κ1) is 16.4. The van der Waals surface area contributed by atoms with E-state index in [9.17, 15) is 4.79 Å². The molecule has 24 heavy (non-hydrogen) atoms. The van der Waals surface area contributed by atoms with Crippen molar-refractivity contribution in [2.45, 2.75) is 33.6 Å². The molecular formula is C20H23NO3. The summed E-state index contributed by atoms with van der Waals surface area (Å²) in [4.78, 5) is 12.3. The predicted molar refractivity (Wildman–Crippen MR) is 95.0 cm³/mol. The van der Waals surface area contributed by atoms with Gasteiger partial charge in [-0.1, -0.05) is 23.8 Å². The molecule has 126 valence electrons. The third-order valence-electron chi connectivity index (χ3n) is 4.19. The lowest BCUT2D eigenvalue weighted by Crippen LogP contribution is -2.16. The van der Waals surface area contributed by atoms with Crippen LogP contribution >= 0.6 is 0 Å². The number of aryl methyl sites for hydroxylation is 4. The van der Waals surface area contributed by atoms with Crippen LogP contribution in [0.2, 0.25) is 0 Å². The number of ether oxygens (including phenoxy) is 2. The minimum Gasteiger partial charge on any atom is -0.486 e. The highest BCUT2D eigenvalue weighted by atomic mass is 16.6. The Morgan fingerprint density at radius 2 is 1.67 bits per heavy atom. The van der Waals surface area contributed by atoms with Gasteiger partial charge in [-0.2, -0.15) is 0 Å². The molecule has 2 aromatic rings. The van der Waals surface area contributed by atoms with Gasteiger partial charge in [-0.3, -0.25) is 4.79 Å². The molecule has 0 saturated carbocycles. The number of amides is 1. The van der Waals surface area contributed by atoms with Crippen LogP contribution in [0.5, 0.6) is 11.5 Å². The second kappa shape index (κ2) is 6.95. The van der Waals surface area contributed by atoms with Crippen molar-refractivity contribution in [3.8, 4) is 11.5 Å². The van der Waals surface area contributed by atoms with Crippen molar-refractivity contribution in [3.05, 3.63) is 52.6 Å². The maximum Gasteiger partial charge on any atom is 0.224 e. The fraction of sp³-hybridized carbons (Fsp3) is 0.350. The molecule has 1 N–H and O–H groups in total. The lowest BCUT2D eigenvalue weighted by molar-refractivity contribution is -0.116. The fourth-order valence-corrected chi connectivity index (χ4v) is 3.08. The molecule has 2 aromatic carbocycles. The van der Waals surface area contributed by atoms with Gasteiger partial charge in [0.15, 0.2) is 11.5 Å². The van der Waals surface area contributed by atoms with Gasteiger partial charge >= 0.3 is 0 Å². The molecule has 3 rings (SSSR count). The van der Waals surface area contributed by atoms with Crippen molar-refractivity contribution < 1.29 is 14.3 Å². The van der Waals surface area contributed by atoms with Crippen molar-refractivity contribution in [1.29, 1.82) is 0 Å². The van der Waals surface area contributed by atoms with E-state index in [4.69, 9.17) is 9.47 Å². The molecule has 1 aliphatic rings. The van der Waals surface area contributed by atoms with Gasteiger partial charge in [0.1, 0.15) is 13.2 Å². The molecule has 1 heterocycles. The Morgan fingerprint density at radius 1 is 1.00 bits per heavy atom. The zero-order valence-electron chi connectivity index (χ0n) is 14.4. The summed E-state index contributed by atoms with van der Waals surface area (Å²) in [7, 11) is 0. The zero-order valence-corrected chi connectivity index (χ0v) is 14.4. The van der Waals surface area contributed by atoms with Crippen molar-refractivity contribution in [2.24, 2.45) is 0 Å². The lowest BCUT2D eigenvalue weighted by atomic mass is 10.0. The van der Waals surface area contributed by atoms with E-state index in [0.29, 0.717) is 26.1 Å². The summed E-state index contributed by atoms with van der Waals surface area (Å²) in [6.45, 7) is 7.27. The second-order valence-electron chi connectivity index (χ2n) is 6.30. The normalized spacial score (nSPS) is 12.8. The lowest BCUT2D eigenvalue weighted by Gasteiger charge is -2.19. The largest absolute Gasteiger partial charge is 0.486 e. The molecular weight excluding hydrogens is 302 g/mol. The highest BCUT2D eigenvalue weighted by Gasteiger charge is 2.13. The second-order valence-corrected chi connectivity index (χ2v) is 6.30. The van der Waals surface area contributed by atoms with E-state index >= 15 is 0 Å². The summed E-state index contributed by atoms with van der Waals surface area (Å²) in [5.74, 6) is 1.57. The van der Waals surface area contributed by atoms with Gasteiger partial charge in [-0.25, -0.2) is 0 Å². The fourth-order valence-electron chi connectivity index (χ4n) is 3.08. The molecule has 0 unspecified atom stereocenters. The van der Waals surface area contributed by atoms with E-state index in [1.807, 2.05) is 32.0 Å². The molecule has 0 radical (unpaired) electrons. The molecule has 1 amide bonds. The highest BCUT2D eigenvalue weighted by Crippen LogP contribution is 2.31. The maximum atomic E-state index is 12.3. The molecule has 4 heteroatoms. The Hall–Kier alpha value is -2.49. The Morgan fingerprint density at radius 3 is 2.38 bits per heavy atom. The third-order valence-corrected chi connectivity index (χ3v) is 4.19. The number of benzene rings is 2. The van der Waals surface area contributed by atoms with Crippen LogP contribution in [-0.2, 0) is 11.2 Å². The van der Waals surface area contributed by atoms with E-state index in [1.54, 1.807) is 0 Å². The van der Waals surface area contributed by atoms with Crippen LogP contribution in [0.4, 0.5) is 5.69 Å². The van der Waals surface area contributed by atoms with E-state index in [0.717, 1.165) is 33.9 Å². The number of anilines is 1. The molecule has 1 aliphatic heterocycles. The van der Waals surface area contributed by atoms with Crippen LogP contribution in [0, 0.1) is 20.8 Å². The summed E-state index contributed by atoms with van der Waals surface area (Å²) >= 11 is 0. The Labute approximate surface area is 142 Å². The number of carbonyl (C=O) groups is 1. The molecule has 0 bridgehead atoms. The molecule has 4 nitrogen and oxygen atoms in total. The van der Waals surface area contributed by atoms with Crippen molar-refractivity contribution in [3.63, 3.8) is 0 Å². The molecule has 0 aliphatic carbocycles. The van der Waals surface area contributed by atoms with Crippen LogP contribution in [0.15, 0.2) is 30.3 Å². The molecule has 0 atom stereocenters. The summed E-state index contributed by atoms with van der Waals surface area (Å²) in [5.41, 5.74) is 5.40. The number of nitrogens with one attached hydrogen (secondary N) is 1. The van der Waals surface area contributed by atoms with Gasteiger partial charge in [-0.05, 0) is 56.0 Å². The van der Waals surface area contributed by atoms with Gasteiger partial charge in [0.25, 0.3) is 0 Å². The quantitative estimate of drug-likeness (QED) is 0.926. The summed E-state index contributed by atoms with van der Waals surface area (Å²) < 4.78 is 11.1. The number of rotatable bonds is 4. The number of fused-ring (bicyclic) bond motifs is 1. The molecule has 0 aromatic heterocycles. The Bertz CT molecular complexity index is 744.